The summed E-state index contributed by atoms with van der Waals surface area (Å²) in [5.74, 6) is 0.375. The fourth-order valence-electron chi connectivity index (χ4n) is 3.16. The predicted octanol–water partition coefficient (Wildman–Crippen LogP) is 1.12. The number of aliphatic hydroxyl groups is 2. The van der Waals surface area contributed by atoms with Gasteiger partial charge in [-0.3, -0.25) is 14.3 Å². The number of rotatable bonds is 4. The van der Waals surface area contributed by atoms with E-state index < -0.39 is 29.7 Å². The zero-order chi connectivity index (χ0) is 19.0. The first-order chi connectivity index (χ1) is 13.0. The Morgan fingerprint density at radius 2 is 1.96 bits per heavy atom. The number of nitrogens with zero attached hydrogens (tertiary/aromatic N) is 1. The van der Waals surface area contributed by atoms with Gasteiger partial charge in [0.2, 0.25) is 5.75 Å². The summed E-state index contributed by atoms with van der Waals surface area (Å²) >= 11 is 0. The average molecular weight is 370 g/mol. The van der Waals surface area contributed by atoms with Crippen molar-refractivity contribution in [3.63, 3.8) is 0 Å². The molecule has 1 fully saturated rings. The van der Waals surface area contributed by atoms with Crippen molar-refractivity contribution < 1.29 is 19.7 Å². The fraction of sp³-hybridized carbons (Fsp3) is 0.263. The molecule has 4 rings (SSSR count). The van der Waals surface area contributed by atoms with Crippen LogP contribution in [0.3, 0.4) is 0 Å². The number of fused-ring (bicyclic) bond motifs is 1. The minimum atomic E-state index is -0.899. The second-order valence-corrected chi connectivity index (χ2v) is 6.39. The molecule has 3 aromatic rings. The molecule has 0 bridgehead atoms. The van der Waals surface area contributed by atoms with E-state index in [-0.39, 0.29) is 18.8 Å². The van der Waals surface area contributed by atoms with Gasteiger partial charge in [0, 0.05) is 6.42 Å². The lowest BCUT2D eigenvalue weighted by Gasteiger charge is -2.15. The Kier molecular flexibility index (Phi) is 4.53. The quantitative estimate of drug-likeness (QED) is 0.634. The van der Waals surface area contributed by atoms with Crippen molar-refractivity contribution >= 4 is 10.8 Å². The van der Waals surface area contributed by atoms with Gasteiger partial charge in [-0.05, 0) is 22.9 Å². The van der Waals surface area contributed by atoms with Crippen molar-refractivity contribution in [1.29, 1.82) is 0 Å². The third kappa shape index (κ3) is 3.37. The Morgan fingerprint density at radius 1 is 1.19 bits per heavy atom. The molecule has 1 aromatic heterocycles. The minimum Gasteiger partial charge on any atom is -0.450 e. The number of hydrogen-bond donors (Lipinski definition) is 3. The van der Waals surface area contributed by atoms with E-state index in [0.29, 0.717) is 5.75 Å². The van der Waals surface area contributed by atoms with Crippen molar-refractivity contribution in [3.05, 3.63) is 69.5 Å². The average Bonchev–Trinajstić information content (AvgIpc) is 3.04. The third-order valence-corrected chi connectivity index (χ3v) is 4.58. The van der Waals surface area contributed by atoms with E-state index in [1.165, 1.54) is 6.20 Å². The van der Waals surface area contributed by atoms with Gasteiger partial charge in [-0.1, -0.05) is 30.3 Å². The molecule has 140 valence electrons. The molecule has 27 heavy (non-hydrogen) atoms. The number of hydrogen-bond acceptors (Lipinski definition) is 6. The molecule has 8 nitrogen and oxygen atoms in total. The highest BCUT2D eigenvalue weighted by Crippen LogP contribution is 2.28. The van der Waals surface area contributed by atoms with Crippen molar-refractivity contribution in [2.45, 2.75) is 24.9 Å². The lowest BCUT2D eigenvalue weighted by atomic mass is 10.1. The molecular formula is C19H18N2O6. The van der Waals surface area contributed by atoms with Crippen molar-refractivity contribution in [2.24, 2.45) is 0 Å². The van der Waals surface area contributed by atoms with Crippen LogP contribution >= 0.6 is 0 Å². The number of ether oxygens (including phenoxy) is 2. The SMILES string of the molecule is O=c1[nH]c(=O)n(C2CC(O)C(CO)O2)cc1Oc1ccc2ccccc2c1. The largest absolute Gasteiger partial charge is 0.450 e. The summed E-state index contributed by atoms with van der Waals surface area (Å²) in [7, 11) is 0. The van der Waals surface area contributed by atoms with Gasteiger partial charge >= 0.3 is 5.69 Å². The topological polar surface area (TPSA) is 114 Å². The molecule has 0 radical (unpaired) electrons. The van der Waals surface area contributed by atoms with Gasteiger partial charge in [-0.2, -0.15) is 0 Å². The standard InChI is InChI=1S/C19H18N2O6/c22-10-16-14(23)8-17(27-16)21-9-15(18(24)20-19(21)25)26-13-6-5-11-3-1-2-4-12(11)7-13/h1-7,9,14,16-17,22-23H,8,10H2,(H,20,24,25). The van der Waals surface area contributed by atoms with E-state index in [1.54, 1.807) is 12.1 Å². The van der Waals surface area contributed by atoms with Crippen LogP contribution in [0.5, 0.6) is 11.5 Å². The number of benzene rings is 2. The number of aromatic amines is 1. The maximum Gasteiger partial charge on any atom is 0.330 e. The molecule has 2 aromatic carbocycles. The first-order valence-electron chi connectivity index (χ1n) is 8.51. The lowest BCUT2D eigenvalue weighted by molar-refractivity contribution is -0.0460. The third-order valence-electron chi connectivity index (χ3n) is 4.58. The first-order valence-corrected chi connectivity index (χ1v) is 8.51. The second-order valence-electron chi connectivity index (χ2n) is 6.39. The molecule has 0 amide bonds. The van der Waals surface area contributed by atoms with Crippen molar-refractivity contribution in [3.8, 4) is 11.5 Å². The van der Waals surface area contributed by atoms with Crippen molar-refractivity contribution in [2.75, 3.05) is 6.61 Å². The second kappa shape index (κ2) is 6.99. The Morgan fingerprint density at radius 3 is 2.70 bits per heavy atom. The van der Waals surface area contributed by atoms with Crippen LogP contribution in [0.1, 0.15) is 12.6 Å². The number of aromatic nitrogens is 2. The normalized spacial score (nSPS) is 22.2. The van der Waals surface area contributed by atoms with E-state index in [1.807, 2.05) is 30.3 Å². The lowest BCUT2D eigenvalue weighted by Crippen LogP contribution is -2.32. The zero-order valence-electron chi connectivity index (χ0n) is 14.2. The number of H-pyrrole nitrogens is 1. The van der Waals surface area contributed by atoms with Gasteiger partial charge in [-0.25, -0.2) is 4.79 Å². The summed E-state index contributed by atoms with van der Waals surface area (Å²) < 4.78 is 12.3. The molecule has 0 saturated carbocycles. The number of aliphatic hydroxyl groups excluding tert-OH is 2. The van der Waals surface area contributed by atoms with Crippen LogP contribution in [-0.2, 0) is 4.74 Å². The smallest absolute Gasteiger partial charge is 0.330 e. The predicted molar refractivity (Wildman–Crippen MR) is 97.0 cm³/mol. The highest BCUT2D eigenvalue weighted by atomic mass is 16.5. The molecule has 8 heteroatoms. The molecule has 1 aliphatic rings. The summed E-state index contributed by atoms with van der Waals surface area (Å²) in [5.41, 5.74) is -1.34. The maximum absolute atomic E-state index is 12.1. The van der Waals surface area contributed by atoms with E-state index in [9.17, 15) is 19.8 Å². The van der Waals surface area contributed by atoms with Gasteiger partial charge in [0.1, 0.15) is 18.1 Å². The molecule has 1 saturated heterocycles. The van der Waals surface area contributed by atoms with Crippen LogP contribution in [0.15, 0.2) is 58.3 Å². The Balaban J connectivity index is 1.66. The molecule has 0 aliphatic carbocycles. The van der Waals surface area contributed by atoms with Crippen LogP contribution < -0.4 is 16.0 Å². The van der Waals surface area contributed by atoms with Gasteiger partial charge in [0.25, 0.3) is 5.56 Å². The fourth-order valence-corrected chi connectivity index (χ4v) is 3.16. The Labute approximate surface area is 153 Å². The summed E-state index contributed by atoms with van der Waals surface area (Å²) in [6, 6.07) is 13.1. The van der Waals surface area contributed by atoms with Crippen molar-refractivity contribution in [1.82, 2.24) is 9.55 Å². The molecule has 2 heterocycles. The van der Waals surface area contributed by atoms with Crippen LogP contribution in [0.2, 0.25) is 0 Å². The summed E-state index contributed by atoms with van der Waals surface area (Å²) in [6.07, 6.45) is -1.11. The first kappa shape index (κ1) is 17.5. The Hall–Kier alpha value is -2.94. The van der Waals surface area contributed by atoms with Crippen LogP contribution in [0.25, 0.3) is 10.8 Å². The van der Waals surface area contributed by atoms with Crippen LogP contribution in [0.4, 0.5) is 0 Å². The Bertz CT molecular complexity index is 1090. The summed E-state index contributed by atoms with van der Waals surface area (Å²) in [6.45, 7) is -0.365. The van der Waals surface area contributed by atoms with Gasteiger partial charge in [-0.15, -0.1) is 0 Å². The van der Waals surface area contributed by atoms with Crippen LogP contribution in [0, 0.1) is 0 Å². The van der Waals surface area contributed by atoms with E-state index in [2.05, 4.69) is 4.98 Å². The van der Waals surface area contributed by atoms with Crippen LogP contribution in [-0.4, -0.2) is 38.6 Å². The van der Waals surface area contributed by atoms with Gasteiger partial charge in [0.15, 0.2) is 0 Å². The van der Waals surface area contributed by atoms with E-state index in [0.717, 1.165) is 15.3 Å². The minimum absolute atomic E-state index is 0.0737. The molecule has 3 N–H and O–H groups in total. The highest BCUT2D eigenvalue weighted by Gasteiger charge is 2.35. The van der Waals surface area contributed by atoms with E-state index in [4.69, 9.17) is 9.47 Å². The molecule has 1 aliphatic heterocycles. The number of nitrogens with one attached hydrogen (secondary N) is 1. The monoisotopic (exact) mass is 370 g/mol. The highest BCUT2D eigenvalue weighted by molar-refractivity contribution is 5.83. The summed E-state index contributed by atoms with van der Waals surface area (Å²) in [5, 5.41) is 21.0. The van der Waals surface area contributed by atoms with Gasteiger partial charge in [0.05, 0.1) is 18.9 Å². The van der Waals surface area contributed by atoms with E-state index >= 15 is 0 Å². The molecule has 0 spiro atoms. The molecular weight excluding hydrogens is 352 g/mol. The van der Waals surface area contributed by atoms with Gasteiger partial charge < -0.3 is 19.7 Å². The molecule has 3 atom stereocenters. The maximum atomic E-state index is 12.1. The zero-order valence-corrected chi connectivity index (χ0v) is 14.2. The molecule has 3 unspecified atom stereocenters. The summed E-state index contributed by atoms with van der Waals surface area (Å²) in [4.78, 5) is 26.5.